The third-order valence-corrected chi connectivity index (χ3v) is 3.62. The van der Waals surface area contributed by atoms with Crippen LogP contribution < -0.4 is 11.4 Å². The Kier molecular flexibility index (Phi) is 12.1. The van der Waals surface area contributed by atoms with Crippen molar-refractivity contribution in [1.82, 2.24) is 9.55 Å². The number of carboxylic acid groups (broad SMARTS) is 1. The monoisotopic (exact) mass is 419 g/mol. The van der Waals surface area contributed by atoms with Crippen molar-refractivity contribution in [3.05, 3.63) is 22.7 Å². The third-order valence-electron chi connectivity index (χ3n) is 3.62. The van der Waals surface area contributed by atoms with E-state index in [9.17, 15) is 14.4 Å². The van der Waals surface area contributed by atoms with E-state index in [1.807, 2.05) is 0 Å². The minimum atomic E-state index is -0.741. The van der Waals surface area contributed by atoms with E-state index in [2.05, 4.69) is 16.6 Å². The van der Waals surface area contributed by atoms with Crippen molar-refractivity contribution in [3.63, 3.8) is 0 Å². The Bertz CT molecular complexity index is 678. The number of nitrogens with zero attached hydrogens (tertiary/aromatic N) is 2. The number of halogens is 1. The largest absolute Gasteiger partial charge is 0.481 e. The molecule has 1 saturated heterocycles. The van der Waals surface area contributed by atoms with Gasteiger partial charge in [0.25, 0.3) is 0 Å². The molecular formula is C18H30ClN3O6. The highest BCUT2D eigenvalue weighted by Gasteiger charge is 2.28. The number of aliphatic carboxylic acids is 1. The van der Waals surface area contributed by atoms with Crippen molar-refractivity contribution in [2.24, 2.45) is 11.8 Å². The molecule has 1 aromatic heterocycles. The zero-order valence-electron chi connectivity index (χ0n) is 16.9. The zero-order valence-corrected chi connectivity index (χ0v) is 17.7. The van der Waals surface area contributed by atoms with E-state index in [1.165, 1.54) is 11.0 Å². The molecule has 28 heavy (non-hydrogen) atoms. The lowest BCUT2D eigenvalue weighted by molar-refractivity contribution is -0.152. The van der Waals surface area contributed by atoms with Gasteiger partial charge in [0.1, 0.15) is 18.7 Å². The van der Waals surface area contributed by atoms with Crippen LogP contribution in [-0.4, -0.2) is 45.7 Å². The van der Waals surface area contributed by atoms with Gasteiger partial charge in [-0.1, -0.05) is 27.7 Å². The first-order chi connectivity index (χ1) is 13.1. The molecule has 10 heteroatoms. The van der Waals surface area contributed by atoms with E-state index in [-0.39, 0.29) is 42.6 Å². The normalized spacial score (nSPS) is 18.0. The molecule has 2 atom stereocenters. The van der Waals surface area contributed by atoms with Crippen molar-refractivity contribution in [1.29, 1.82) is 0 Å². The molecule has 2 unspecified atom stereocenters. The molecule has 0 amide bonds. The molecule has 0 saturated carbocycles. The van der Waals surface area contributed by atoms with Gasteiger partial charge in [-0.2, -0.15) is 4.98 Å². The summed E-state index contributed by atoms with van der Waals surface area (Å²) in [5.41, 5.74) is 5.00. The summed E-state index contributed by atoms with van der Waals surface area (Å²) < 4.78 is 12.2. The van der Waals surface area contributed by atoms with Crippen LogP contribution in [0.5, 0.6) is 0 Å². The summed E-state index contributed by atoms with van der Waals surface area (Å²) >= 11 is 4.64. The van der Waals surface area contributed by atoms with Crippen LogP contribution in [0, 0.1) is 11.8 Å². The molecule has 0 aliphatic carbocycles. The number of ether oxygens (including phenoxy) is 2. The lowest BCUT2D eigenvalue weighted by atomic mass is 10.2. The number of alkyl halides is 1. The van der Waals surface area contributed by atoms with E-state index < -0.39 is 11.7 Å². The molecule has 0 radical (unpaired) electrons. The molecule has 1 aliphatic rings. The van der Waals surface area contributed by atoms with Gasteiger partial charge in [0.15, 0.2) is 0 Å². The molecule has 2 rings (SSSR count). The molecule has 160 valence electrons. The number of carbonyl (C=O) groups is 2. The maximum absolute atomic E-state index is 11.7. The maximum Gasteiger partial charge on any atom is 0.351 e. The SMILES string of the molecule is CC(C)C(=O)O.CC(C)C(=O)OCC1CCC(n2ccc(N)nc2=O)O1.CCl. The van der Waals surface area contributed by atoms with Gasteiger partial charge in [0, 0.05) is 12.6 Å². The van der Waals surface area contributed by atoms with Crippen LogP contribution in [0.3, 0.4) is 0 Å². The quantitative estimate of drug-likeness (QED) is 0.548. The number of carboxylic acids is 1. The van der Waals surface area contributed by atoms with Crippen molar-refractivity contribution in [2.75, 3.05) is 18.7 Å². The molecule has 1 aliphatic heterocycles. The number of carbonyl (C=O) groups excluding carboxylic acids is 1. The van der Waals surface area contributed by atoms with Crippen LogP contribution in [0.4, 0.5) is 5.82 Å². The zero-order chi connectivity index (χ0) is 21.9. The fourth-order valence-corrected chi connectivity index (χ4v) is 2.00. The highest BCUT2D eigenvalue weighted by molar-refractivity contribution is 6.15. The van der Waals surface area contributed by atoms with Gasteiger partial charge in [-0.25, -0.2) is 4.79 Å². The Morgan fingerprint density at radius 1 is 1.32 bits per heavy atom. The summed E-state index contributed by atoms with van der Waals surface area (Å²) in [6, 6.07) is 1.55. The van der Waals surface area contributed by atoms with Gasteiger partial charge in [-0.05, 0) is 18.9 Å². The number of esters is 1. The predicted octanol–water partition coefficient (Wildman–Crippen LogP) is 2.28. The van der Waals surface area contributed by atoms with Crippen LogP contribution in [0.1, 0.15) is 46.8 Å². The van der Waals surface area contributed by atoms with Gasteiger partial charge < -0.3 is 20.3 Å². The lowest BCUT2D eigenvalue weighted by Crippen LogP contribution is -2.28. The number of anilines is 1. The number of nitrogen functional groups attached to an aromatic ring is 1. The van der Waals surface area contributed by atoms with E-state index in [0.717, 1.165) is 6.42 Å². The Hall–Kier alpha value is -2.13. The topological polar surface area (TPSA) is 134 Å². The predicted molar refractivity (Wildman–Crippen MR) is 106 cm³/mol. The Labute approximate surface area is 169 Å². The smallest absolute Gasteiger partial charge is 0.351 e. The Balaban J connectivity index is 0.000000780. The average molecular weight is 420 g/mol. The molecule has 1 fully saturated rings. The molecule has 3 N–H and O–H groups in total. The van der Waals surface area contributed by atoms with E-state index >= 15 is 0 Å². The molecule has 2 heterocycles. The summed E-state index contributed by atoms with van der Waals surface area (Å²) in [7, 11) is 0. The molecule has 0 bridgehead atoms. The van der Waals surface area contributed by atoms with Crippen LogP contribution >= 0.6 is 11.6 Å². The Morgan fingerprint density at radius 3 is 2.36 bits per heavy atom. The second-order valence-corrected chi connectivity index (χ2v) is 6.61. The number of nitrogens with two attached hydrogens (primary N) is 1. The first-order valence-corrected chi connectivity index (χ1v) is 9.64. The van der Waals surface area contributed by atoms with Crippen LogP contribution in [0.15, 0.2) is 17.1 Å². The minimum Gasteiger partial charge on any atom is -0.481 e. The summed E-state index contributed by atoms with van der Waals surface area (Å²) in [4.78, 5) is 36.4. The summed E-state index contributed by atoms with van der Waals surface area (Å²) in [6.45, 7) is 7.05. The van der Waals surface area contributed by atoms with Crippen molar-refractivity contribution in [3.8, 4) is 0 Å². The van der Waals surface area contributed by atoms with E-state index in [4.69, 9.17) is 20.3 Å². The van der Waals surface area contributed by atoms with Crippen LogP contribution in [0.2, 0.25) is 0 Å². The van der Waals surface area contributed by atoms with Gasteiger partial charge >= 0.3 is 17.6 Å². The van der Waals surface area contributed by atoms with Gasteiger partial charge in [-0.3, -0.25) is 14.2 Å². The van der Waals surface area contributed by atoms with Gasteiger partial charge in [0.2, 0.25) is 0 Å². The molecule has 1 aromatic rings. The number of hydrogen-bond donors (Lipinski definition) is 2. The second-order valence-electron chi connectivity index (χ2n) is 6.61. The second kappa shape index (κ2) is 13.1. The fraction of sp³-hybridized carbons (Fsp3) is 0.667. The third kappa shape index (κ3) is 9.18. The minimum absolute atomic E-state index is 0.156. The standard InChI is InChI=1S/C13H19N3O4.C4H8O2.CH3Cl/c1-8(2)12(17)19-7-9-3-4-11(20-9)16-6-5-10(14)15-13(16)18;1-3(2)4(5)6;1-2/h5-6,8-9,11H,3-4,7H2,1-2H3,(H2,14,15,18);3H,1-2H3,(H,5,6);1H3. The fourth-order valence-electron chi connectivity index (χ4n) is 2.00. The number of aromatic nitrogens is 2. The highest BCUT2D eigenvalue weighted by atomic mass is 35.5. The molecule has 0 aromatic carbocycles. The Morgan fingerprint density at radius 2 is 1.89 bits per heavy atom. The van der Waals surface area contributed by atoms with E-state index in [0.29, 0.717) is 6.42 Å². The highest BCUT2D eigenvalue weighted by Crippen LogP contribution is 2.27. The van der Waals surface area contributed by atoms with Crippen LogP contribution in [0.25, 0.3) is 0 Å². The van der Waals surface area contributed by atoms with Crippen molar-refractivity contribution in [2.45, 2.75) is 52.9 Å². The molecule has 9 nitrogen and oxygen atoms in total. The first kappa shape index (κ1) is 25.9. The van der Waals surface area contributed by atoms with Crippen molar-refractivity contribution < 1.29 is 24.2 Å². The summed E-state index contributed by atoms with van der Waals surface area (Å²) in [6.07, 6.45) is 3.88. The molecule has 0 spiro atoms. The number of rotatable bonds is 5. The molecular weight excluding hydrogens is 390 g/mol. The van der Waals surface area contributed by atoms with Crippen LogP contribution in [-0.2, 0) is 19.1 Å². The number of hydrogen-bond acceptors (Lipinski definition) is 7. The van der Waals surface area contributed by atoms with Gasteiger partial charge in [0.05, 0.1) is 17.9 Å². The lowest BCUT2D eigenvalue weighted by Gasteiger charge is -2.16. The summed E-state index contributed by atoms with van der Waals surface area (Å²) in [5, 5.41) is 7.99. The summed E-state index contributed by atoms with van der Waals surface area (Å²) in [5.74, 6) is -1.19. The average Bonchev–Trinajstić information content (AvgIpc) is 3.10. The van der Waals surface area contributed by atoms with E-state index in [1.54, 1.807) is 40.0 Å². The maximum atomic E-state index is 11.7. The first-order valence-electron chi connectivity index (χ1n) is 8.89. The van der Waals surface area contributed by atoms with Gasteiger partial charge in [-0.15, -0.1) is 11.6 Å². The van der Waals surface area contributed by atoms with Crippen molar-refractivity contribution >= 4 is 29.4 Å².